The molecule has 0 radical (unpaired) electrons. The highest BCUT2D eigenvalue weighted by atomic mass is 32.1. The van der Waals surface area contributed by atoms with E-state index in [1.54, 1.807) is 5.56 Å². The normalized spacial score (nSPS) is 11.7. The van der Waals surface area contributed by atoms with Gasteiger partial charge in [0.15, 0.2) is 0 Å². The fraction of sp³-hybridized carbons (Fsp3) is 0.500. The Labute approximate surface area is 114 Å². The Bertz CT molecular complexity index is 552. The molecule has 1 heterocycles. The van der Waals surface area contributed by atoms with Crippen LogP contribution in [0.4, 0.5) is 0 Å². The highest BCUT2D eigenvalue weighted by molar-refractivity contribution is 7.19. The van der Waals surface area contributed by atoms with E-state index in [1.807, 2.05) is 18.4 Å². The molecule has 1 aromatic carbocycles. The molecular weight excluding hydrogens is 238 g/mol. The molecule has 1 nitrogen and oxygen atoms in total. The number of nitrogens with one attached hydrogen (secondary N) is 1. The Morgan fingerprint density at radius 2 is 1.83 bits per heavy atom. The minimum Gasteiger partial charge on any atom is -0.315 e. The SMILES string of the molecule is CNCc1sc2c(C)ccc(C)c2c1CC(C)C. The van der Waals surface area contributed by atoms with Crippen molar-refractivity contribution in [2.75, 3.05) is 7.05 Å². The predicted molar refractivity (Wildman–Crippen MR) is 82.6 cm³/mol. The monoisotopic (exact) mass is 261 g/mol. The second-order valence-corrected chi connectivity index (χ2v) is 6.64. The van der Waals surface area contributed by atoms with Gasteiger partial charge in [0.1, 0.15) is 0 Å². The zero-order valence-corrected chi connectivity index (χ0v) is 12.9. The molecule has 2 rings (SSSR count). The molecule has 0 aliphatic rings. The van der Waals surface area contributed by atoms with Crippen LogP contribution in [-0.4, -0.2) is 7.05 Å². The first-order valence-corrected chi connectivity index (χ1v) is 7.51. The van der Waals surface area contributed by atoms with Gasteiger partial charge in [0.2, 0.25) is 0 Å². The molecule has 0 aliphatic carbocycles. The fourth-order valence-electron chi connectivity index (χ4n) is 2.54. The summed E-state index contributed by atoms with van der Waals surface area (Å²) in [5.74, 6) is 0.707. The third-order valence-electron chi connectivity index (χ3n) is 3.38. The van der Waals surface area contributed by atoms with Crippen LogP contribution >= 0.6 is 11.3 Å². The molecule has 0 fully saturated rings. The maximum Gasteiger partial charge on any atom is 0.0380 e. The van der Waals surface area contributed by atoms with Gasteiger partial charge in [0, 0.05) is 16.1 Å². The molecule has 2 aromatic rings. The van der Waals surface area contributed by atoms with E-state index in [0.717, 1.165) is 6.54 Å². The van der Waals surface area contributed by atoms with Crippen LogP contribution in [0.1, 0.15) is 35.4 Å². The van der Waals surface area contributed by atoms with Crippen molar-refractivity contribution < 1.29 is 0 Å². The van der Waals surface area contributed by atoms with Crippen molar-refractivity contribution in [2.45, 2.75) is 40.7 Å². The van der Waals surface area contributed by atoms with E-state index in [-0.39, 0.29) is 0 Å². The summed E-state index contributed by atoms with van der Waals surface area (Å²) in [4.78, 5) is 1.51. The second-order valence-electron chi connectivity index (χ2n) is 5.54. The summed E-state index contributed by atoms with van der Waals surface area (Å²) in [6, 6.07) is 4.51. The fourth-order valence-corrected chi connectivity index (χ4v) is 3.93. The Balaban J connectivity index is 2.68. The van der Waals surface area contributed by atoms with Crippen molar-refractivity contribution in [3.63, 3.8) is 0 Å². The average molecular weight is 261 g/mol. The van der Waals surface area contributed by atoms with Gasteiger partial charge >= 0.3 is 0 Å². The molecule has 0 bridgehead atoms. The molecule has 0 saturated carbocycles. The van der Waals surface area contributed by atoms with Crippen LogP contribution in [0.15, 0.2) is 12.1 Å². The van der Waals surface area contributed by atoms with E-state index in [4.69, 9.17) is 0 Å². The molecule has 0 aliphatic heterocycles. The number of benzene rings is 1. The molecular formula is C16H23NS. The van der Waals surface area contributed by atoms with Crippen molar-refractivity contribution in [3.05, 3.63) is 33.7 Å². The van der Waals surface area contributed by atoms with E-state index in [1.165, 1.54) is 32.5 Å². The first kappa shape index (κ1) is 13.6. The highest BCUT2D eigenvalue weighted by Gasteiger charge is 2.15. The lowest BCUT2D eigenvalue weighted by molar-refractivity contribution is 0.645. The smallest absolute Gasteiger partial charge is 0.0380 e. The molecule has 0 spiro atoms. The van der Waals surface area contributed by atoms with Gasteiger partial charge in [-0.15, -0.1) is 11.3 Å². The predicted octanol–water partition coefficient (Wildman–Crippen LogP) is 4.44. The van der Waals surface area contributed by atoms with E-state index in [0.29, 0.717) is 5.92 Å². The summed E-state index contributed by atoms with van der Waals surface area (Å²) < 4.78 is 1.48. The average Bonchev–Trinajstić information content (AvgIpc) is 2.64. The van der Waals surface area contributed by atoms with Crippen LogP contribution in [0.25, 0.3) is 10.1 Å². The van der Waals surface area contributed by atoms with E-state index in [9.17, 15) is 0 Å². The maximum absolute atomic E-state index is 3.31. The standard InChI is InChI=1S/C16H23NS/c1-10(2)8-13-14(9-17-5)18-16-12(4)7-6-11(3)15(13)16/h6-7,10,17H,8-9H2,1-5H3. The number of rotatable bonds is 4. The molecule has 2 heteroatoms. The van der Waals surface area contributed by atoms with Gasteiger partial charge in [-0.3, -0.25) is 0 Å². The van der Waals surface area contributed by atoms with Gasteiger partial charge in [-0.25, -0.2) is 0 Å². The zero-order valence-electron chi connectivity index (χ0n) is 12.1. The Morgan fingerprint density at radius 3 is 2.44 bits per heavy atom. The molecule has 1 aromatic heterocycles. The number of thiophene rings is 1. The maximum atomic E-state index is 3.31. The van der Waals surface area contributed by atoms with Crippen molar-refractivity contribution in [2.24, 2.45) is 5.92 Å². The third kappa shape index (κ3) is 2.45. The third-order valence-corrected chi connectivity index (χ3v) is 4.74. The summed E-state index contributed by atoms with van der Waals surface area (Å²) in [5.41, 5.74) is 4.40. The van der Waals surface area contributed by atoms with Crippen molar-refractivity contribution >= 4 is 21.4 Å². The van der Waals surface area contributed by atoms with Gasteiger partial charge < -0.3 is 5.32 Å². The van der Waals surface area contributed by atoms with Crippen molar-refractivity contribution in [3.8, 4) is 0 Å². The Morgan fingerprint density at radius 1 is 1.17 bits per heavy atom. The number of fused-ring (bicyclic) bond motifs is 1. The largest absolute Gasteiger partial charge is 0.315 e. The molecule has 0 amide bonds. The van der Waals surface area contributed by atoms with Gasteiger partial charge in [0.25, 0.3) is 0 Å². The van der Waals surface area contributed by atoms with Gasteiger partial charge in [-0.1, -0.05) is 26.0 Å². The van der Waals surface area contributed by atoms with Gasteiger partial charge in [0.05, 0.1) is 0 Å². The summed E-state index contributed by atoms with van der Waals surface area (Å²) in [7, 11) is 2.03. The lowest BCUT2D eigenvalue weighted by atomic mass is 9.96. The second kappa shape index (κ2) is 5.41. The number of aryl methyl sites for hydroxylation is 2. The van der Waals surface area contributed by atoms with Crippen molar-refractivity contribution in [1.82, 2.24) is 5.32 Å². The Kier molecular flexibility index (Phi) is 4.08. The van der Waals surface area contributed by atoms with Crippen LogP contribution in [0.5, 0.6) is 0 Å². The van der Waals surface area contributed by atoms with E-state index < -0.39 is 0 Å². The summed E-state index contributed by atoms with van der Waals surface area (Å²) >= 11 is 1.97. The summed E-state index contributed by atoms with van der Waals surface area (Å²) in [5, 5.41) is 4.82. The number of hydrogen-bond donors (Lipinski definition) is 1. The van der Waals surface area contributed by atoms with Crippen LogP contribution in [0.2, 0.25) is 0 Å². The zero-order chi connectivity index (χ0) is 13.3. The van der Waals surface area contributed by atoms with Gasteiger partial charge in [-0.05, 0) is 55.3 Å². The van der Waals surface area contributed by atoms with E-state index in [2.05, 4.69) is 45.1 Å². The summed E-state index contributed by atoms with van der Waals surface area (Å²) in [6.45, 7) is 10.1. The minimum absolute atomic E-state index is 0.707. The number of hydrogen-bond acceptors (Lipinski definition) is 2. The molecule has 0 saturated heterocycles. The summed E-state index contributed by atoms with van der Waals surface area (Å²) in [6.07, 6.45) is 1.18. The molecule has 0 unspecified atom stereocenters. The lowest BCUT2D eigenvalue weighted by Crippen LogP contribution is -2.06. The molecule has 1 N–H and O–H groups in total. The highest BCUT2D eigenvalue weighted by Crippen LogP contribution is 2.37. The van der Waals surface area contributed by atoms with Gasteiger partial charge in [-0.2, -0.15) is 0 Å². The van der Waals surface area contributed by atoms with Crippen LogP contribution < -0.4 is 5.32 Å². The first-order chi connectivity index (χ1) is 8.54. The van der Waals surface area contributed by atoms with Crippen LogP contribution in [-0.2, 0) is 13.0 Å². The van der Waals surface area contributed by atoms with E-state index >= 15 is 0 Å². The topological polar surface area (TPSA) is 12.0 Å². The van der Waals surface area contributed by atoms with Crippen LogP contribution in [0.3, 0.4) is 0 Å². The van der Waals surface area contributed by atoms with Crippen molar-refractivity contribution in [1.29, 1.82) is 0 Å². The first-order valence-electron chi connectivity index (χ1n) is 6.69. The Hall–Kier alpha value is -0.860. The van der Waals surface area contributed by atoms with Crippen LogP contribution in [0, 0.1) is 19.8 Å². The molecule has 0 atom stereocenters. The lowest BCUT2D eigenvalue weighted by Gasteiger charge is -2.09. The minimum atomic E-state index is 0.707. The molecule has 98 valence electrons. The quantitative estimate of drug-likeness (QED) is 0.858. The molecule has 18 heavy (non-hydrogen) atoms.